The van der Waals surface area contributed by atoms with Crippen molar-refractivity contribution in [2.45, 2.75) is 13.0 Å². The molecule has 0 atom stereocenters. The first-order valence-corrected chi connectivity index (χ1v) is 10.2. The zero-order valence-electron chi connectivity index (χ0n) is 17.0. The highest BCUT2D eigenvalue weighted by atomic mass is 35.5. The van der Waals surface area contributed by atoms with Gasteiger partial charge in [-0.2, -0.15) is 0 Å². The van der Waals surface area contributed by atoms with Gasteiger partial charge in [0.2, 0.25) is 11.8 Å². The highest BCUT2D eigenvalue weighted by molar-refractivity contribution is 6.30. The lowest BCUT2D eigenvalue weighted by Crippen LogP contribution is -2.53. The number of benzene rings is 2. The first kappa shape index (κ1) is 21.6. The topological polar surface area (TPSA) is 91.0 Å². The maximum atomic E-state index is 12.6. The number of aliphatic imine (C=N–C) groups is 1. The molecular formula is C22H26ClN5O2. The number of halogens is 1. The van der Waals surface area contributed by atoms with Crippen LogP contribution in [0, 0.1) is 0 Å². The minimum Gasteiger partial charge on any atom is -0.366 e. The van der Waals surface area contributed by atoms with Gasteiger partial charge in [0.25, 0.3) is 0 Å². The number of piperazine rings is 1. The van der Waals surface area contributed by atoms with Gasteiger partial charge in [-0.05, 0) is 35.4 Å². The van der Waals surface area contributed by atoms with Crippen LogP contribution >= 0.6 is 11.6 Å². The Bertz CT molecular complexity index is 921. The fourth-order valence-corrected chi connectivity index (χ4v) is 3.61. The van der Waals surface area contributed by atoms with E-state index in [2.05, 4.69) is 15.2 Å². The van der Waals surface area contributed by atoms with Crippen LogP contribution in [-0.4, -0.2) is 60.8 Å². The van der Waals surface area contributed by atoms with Crippen molar-refractivity contribution in [3.63, 3.8) is 0 Å². The van der Waals surface area contributed by atoms with Gasteiger partial charge in [-0.3, -0.25) is 14.6 Å². The Kier molecular flexibility index (Phi) is 7.30. The molecule has 1 aliphatic heterocycles. The Morgan fingerprint density at radius 2 is 1.70 bits per heavy atom. The van der Waals surface area contributed by atoms with E-state index in [1.165, 1.54) is 0 Å². The highest BCUT2D eigenvalue weighted by Gasteiger charge is 2.23. The summed E-state index contributed by atoms with van der Waals surface area (Å²) in [5.41, 5.74) is 7.71. The van der Waals surface area contributed by atoms with Gasteiger partial charge in [0.1, 0.15) is 0 Å². The molecule has 0 saturated carbocycles. The monoisotopic (exact) mass is 427 g/mol. The maximum absolute atomic E-state index is 12.6. The number of rotatable bonds is 5. The third kappa shape index (κ3) is 5.73. The van der Waals surface area contributed by atoms with Crippen molar-refractivity contribution in [2.75, 3.05) is 33.2 Å². The summed E-state index contributed by atoms with van der Waals surface area (Å²) in [7, 11) is 1.75. The summed E-state index contributed by atoms with van der Waals surface area (Å²) < 4.78 is 0. The molecule has 8 heteroatoms. The van der Waals surface area contributed by atoms with Crippen molar-refractivity contribution in [1.82, 2.24) is 15.1 Å². The van der Waals surface area contributed by atoms with Crippen molar-refractivity contribution >= 4 is 29.4 Å². The summed E-state index contributed by atoms with van der Waals surface area (Å²) in [5.74, 6) is 0.457. The Hall–Kier alpha value is -3.06. The van der Waals surface area contributed by atoms with Gasteiger partial charge in [-0.1, -0.05) is 35.9 Å². The molecule has 1 saturated heterocycles. The zero-order valence-corrected chi connectivity index (χ0v) is 17.7. The molecule has 0 aliphatic carbocycles. The number of amides is 2. The molecule has 0 radical (unpaired) electrons. The van der Waals surface area contributed by atoms with E-state index < -0.39 is 5.91 Å². The van der Waals surface area contributed by atoms with Crippen molar-refractivity contribution in [3.8, 4) is 0 Å². The van der Waals surface area contributed by atoms with Gasteiger partial charge < -0.3 is 20.9 Å². The molecule has 2 amide bonds. The molecule has 30 heavy (non-hydrogen) atoms. The second kappa shape index (κ2) is 10.1. The molecule has 158 valence electrons. The molecule has 7 nitrogen and oxygen atoms in total. The van der Waals surface area contributed by atoms with Gasteiger partial charge >= 0.3 is 0 Å². The quantitative estimate of drug-likeness (QED) is 0.563. The van der Waals surface area contributed by atoms with Gasteiger partial charge in [0, 0.05) is 50.4 Å². The average molecular weight is 428 g/mol. The Morgan fingerprint density at radius 3 is 2.30 bits per heavy atom. The van der Waals surface area contributed by atoms with E-state index in [0.717, 1.165) is 17.1 Å². The number of nitrogens with one attached hydrogen (secondary N) is 1. The molecule has 0 bridgehead atoms. The fourth-order valence-electron chi connectivity index (χ4n) is 3.40. The van der Waals surface area contributed by atoms with Crippen molar-refractivity contribution in [3.05, 3.63) is 70.2 Å². The fraction of sp³-hybridized carbons (Fsp3) is 0.318. The van der Waals surface area contributed by atoms with Crippen LogP contribution in [0.2, 0.25) is 5.02 Å². The first-order valence-electron chi connectivity index (χ1n) is 9.83. The van der Waals surface area contributed by atoms with Crippen LogP contribution in [0.5, 0.6) is 0 Å². The first-order chi connectivity index (χ1) is 14.5. The minimum atomic E-state index is -0.437. The molecule has 2 aromatic rings. The summed E-state index contributed by atoms with van der Waals surface area (Å²) in [6.07, 6.45) is 0.356. The van der Waals surface area contributed by atoms with E-state index in [1.807, 2.05) is 35.2 Å². The number of carbonyl (C=O) groups excluding carboxylic acids is 2. The molecular weight excluding hydrogens is 402 g/mol. The summed E-state index contributed by atoms with van der Waals surface area (Å²) in [4.78, 5) is 32.1. The molecule has 1 fully saturated rings. The Morgan fingerprint density at radius 1 is 1.03 bits per heavy atom. The molecule has 2 aromatic carbocycles. The lowest BCUT2D eigenvalue weighted by molar-refractivity contribution is -0.131. The van der Waals surface area contributed by atoms with Crippen molar-refractivity contribution in [1.29, 1.82) is 0 Å². The number of hydrogen-bond acceptors (Lipinski definition) is 3. The van der Waals surface area contributed by atoms with Crippen LogP contribution in [-0.2, 0) is 17.8 Å². The second-order valence-corrected chi connectivity index (χ2v) is 7.57. The number of nitrogens with two attached hydrogens (primary N) is 1. The van der Waals surface area contributed by atoms with E-state index >= 15 is 0 Å². The lowest BCUT2D eigenvalue weighted by atomic mass is 10.1. The summed E-state index contributed by atoms with van der Waals surface area (Å²) >= 11 is 6.01. The van der Waals surface area contributed by atoms with Crippen molar-refractivity contribution < 1.29 is 9.59 Å². The van der Waals surface area contributed by atoms with E-state index in [1.54, 1.807) is 25.2 Å². The van der Waals surface area contributed by atoms with Crippen LogP contribution in [0.4, 0.5) is 0 Å². The molecule has 1 heterocycles. The Balaban J connectivity index is 1.49. The zero-order chi connectivity index (χ0) is 21.5. The molecule has 0 spiro atoms. The predicted molar refractivity (Wildman–Crippen MR) is 118 cm³/mol. The molecule has 1 aliphatic rings. The van der Waals surface area contributed by atoms with Crippen LogP contribution in [0.3, 0.4) is 0 Å². The molecule has 3 rings (SSSR count). The van der Waals surface area contributed by atoms with Gasteiger partial charge in [-0.25, -0.2) is 0 Å². The predicted octanol–water partition coefficient (Wildman–Crippen LogP) is 1.90. The molecule has 0 unspecified atom stereocenters. The van der Waals surface area contributed by atoms with E-state index in [-0.39, 0.29) is 5.91 Å². The maximum Gasteiger partial charge on any atom is 0.248 e. The SMILES string of the molecule is CN=C(NCc1ccc(C(N)=O)cc1)N1CCN(C(=O)Cc2cccc(Cl)c2)CC1. The van der Waals surface area contributed by atoms with E-state index in [9.17, 15) is 9.59 Å². The molecule has 0 aromatic heterocycles. The van der Waals surface area contributed by atoms with E-state index in [0.29, 0.717) is 49.7 Å². The van der Waals surface area contributed by atoms with Gasteiger partial charge in [0.05, 0.1) is 6.42 Å². The largest absolute Gasteiger partial charge is 0.366 e. The van der Waals surface area contributed by atoms with Crippen LogP contribution < -0.4 is 11.1 Å². The second-order valence-electron chi connectivity index (χ2n) is 7.14. The number of hydrogen-bond donors (Lipinski definition) is 2. The normalized spacial score (nSPS) is 14.5. The summed E-state index contributed by atoms with van der Waals surface area (Å²) in [6, 6.07) is 14.6. The lowest BCUT2D eigenvalue weighted by Gasteiger charge is -2.36. The highest BCUT2D eigenvalue weighted by Crippen LogP contribution is 2.13. The standard InChI is InChI=1S/C22H26ClN5O2/c1-25-22(26-15-16-5-7-18(8-6-16)21(24)30)28-11-9-27(10-12-28)20(29)14-17-3-2-4-19(23)13-17/h2-8,13H,9-12,14-15H2,1H3,(H2,24,30)(H,25,26). The number of carbonyl (C=O) groups is 2. The Labute approximate surface area is 181 Å². The number of nitrogens with zero attached hydrogens (tertiary/aromatic N) is 3. The van der Waals surface area contributed by atoms with Crippen LogP contribution in [0.15, 0.2) is 53.5 Å². The van der Waals surface area contributed by atoms with Crippen LogP contribution in [0.25, 0.3) is 0 Å². The number of guanidine groups is 1. The van der Waals surface area contributed by atoms with Crippen LogP contribution in [0.1, 0.15) is 21.5 Å². The third-order valence-electron chi connectivity index (χ3n) is 5.08. The minimum absolute atomic E-state index is 0.106. The van der Waals surface area contributed by atoms with Gasteiger partial charge in [0.15, 0.2) is 5.96 Å². The third-order valence-corrected chi connectivity index (χ3v) is 5.31. The van der Waals surface area contributed by atoms with Gasteiger partial charge in [-0.15, -0.1) is 0 Å². The smallest absolute Gasteiger partial charge is 0.248 e. The van der Waals surface area contributed by atoms with Crippen molar-refractivity contribution in [2.24, 2.45) is 10.7 Å². The van der Waals surface area contributed by atoms with E-state index in [4.69, 9.17) is 17.3 Å². The summed E-state index contributed by atoms with van der Waals surface area (Å²) in [6.45, 7) is 3.30. The summed E-state index contributed by atoms with van der Waals surface area (Å²) in [5, 5.41) is 3.98. The molecule has 3 N–H and O–H groups in total. The number of primary amides is 1. The average Bonchev–Trinajstić information content (AvgIpc) is 2.75.